The Morgan fingerprint density at radius 2 is 1.78 bits per heavy atom. The first-order valence-corrected chi connectivity index (χ1v) is 6.01. The van der Waals surface area contributed by atoms with E-state index >= 15 is 0 Å². The number of hydrogen-bond donors (Lipinski definition) is 0. The largest absolute Gasteiger partial charge is 0.494 e. The normalized spacial score (nSPS) is 25.8. The molecular formula is C12H18BF2NO2. The highest BCUT2D eigenvalue weighted by Gasteiger charge is 2.52. The van der Waals surface area contributed by atoms with E-state index in [-0.39, 0.29) is 6.54 Å². The topological polar surface area (TPSA) is 21.7 Å². The van der Waals surface area contributed by atoms with E-state index in [2.05, 4.69) is 0 Å². The van der Waals surface area contributed by atoms with Crippen molar-refractivity contribution in [3.8, 4) is 0 Å². The summed E-state index contributed by atoms with van der Waals surface area (Å²) in [5, 5.41) is 0. The zero-order valence-corrected chi connectivity index (χ0v) is 11.1. The number of hydrogen-bond acceptors (Lipinski definition) is 3. The van der Waals surface area contributed by atoms with E-state index in [0.29, 0.717) is 0 Å². The molecule has 0 atom stereocenters. The quantitative estimate of drug-likeness (QED) is 0.560. The smallest absolute Gasteiger partial charge is 0.399 e. The maximum absolute atomic E-state index is 12.5. The molecule has 0 spiro atoms. The fourth-order valence-electron chi connectivity index (χ4n) is 1.82. The van der Waals surface area contributed by atoms with Crippen molar-refractivity contribution in [2.24, 2.45) is 0 Å². The third-order valence-corrected chi connectivity index (χ3v) is 3.77. The molecule has 0 aromatic rings. The molecule has 2 aliphatic rings. The first kappa shape index (κ1) is 13.6. The van der Waals surface area contributed by atoms with E-state index in [0.717, 1.165) is 10.4 Å². The summed E-state index contributed by atoms with van der Waals surface area (Å²) >= 11 is 0. The molecule has 18 heavy (non-hydrogen) atoms. The number of rotatable bonds is 2. The van der Waals surface area contributed by atoms with Crippen LogP contribution < -0.4 is 0 Å². The molecule has 2 heterocycles. The van der Waals surface area contributed by atoms with Gasteiger partial charge >= 0.3 is 13.7 Å². The summed E-state index contributed by atoms with van der Waals surface area (Å²) in [5.74, 6) is 0. The van der Waals surface area contributed by atoms with Gasteiger partial charge in [-0.3, -0.25) is 0 Å². The number of halogens is 2. The molecule has 2 aliphatic heterocycles. The van der Waals surface area contributed by atoms with Gasteiger partial charge in [0.05, 0.1) is 11.2 Å². The van der Waals surface area contributed by atoms with Crippen LogP contribution >= 0.6 is 0 Å². The van der Waals surface area contributed by atoms with Crippen molar-refractivity contribution < 1.29 is 18.1 Å². The first-order valence-electron chi connectivity index (χ1n) is 6.01. The minimum absolute atomic E-state index is 0.174. The van der Waals surface area contributed by atoms with Crippen LogP contribution in [0.15, 0.2) is 23.8 Å². The Balaban J connectivity index is 2.07. The van der Waals surface area contributed by atoms with Crippen LogP contribution in [0.25, 0.3) is 0 Å². The van der Waals surface area contributed by atoms with Gasteiger partial charge in [0.25, 0.3) is 0 Å². The van der Waals surface area contributed by atoms with E-state index in [9.17, 15) is 8.78 Å². The van der Waals surface area contributed by atoms with Crippen molar-refractivity contribution in [1.82, 2.24) is 4.90 Å². The fourth-order valence-corrected chi connectivity index (χ4v) is 1.82. The predicted octanol–water partition coefficient (Wildman–Crippen LogP) is 2.60. The second kappa shape index (κ2) is 4.35. The van der Waals surface area contributed by atoms with Gasteiger partial charge in [-0.1, -0.05) is 6.08 Å². The number of allylic oxidation sites excluding steroid dienone is 2. The van der Waals surface area contributed by atoms with Crippen molar-refractivity contribution in [1.29, 1.82) is 0 Å². The van der Waals surface area contributed by atoms with Crippen LogP contribution in [0.2, 0.25) is 0 Å². The molecule has 1 saturated heterocycles. The Hall–Kier alpha value is -0.875. The van der Waals surface area contributed by atoms with Gasteiger partial charge < -0.3 is 14.2 Å². The van der Waals surface area contributed by atoms with Crippen LogP contribution in [0.3, 0.4) is 0 Å². The van der Waals surface area contributed by atoms with Gasteiger partial charge in [0.1, 0.15) is 0 Å². The maximum Gasteiger partial charge on any atom is 0.494 e. The lowest BCUT2D eigenvalue weighted by Crippen LogP contribution is -2.41. The van der Waals surface area contributed by atoms with Crippen molar-refractivity contribution >= 4 is 7.12 Å². The predicted molar refractivity (Wildman–Crippen MR) is 66.0 cm³/mol. The van der Waals surface area contributed by atoms with E-state index < -0.39 is 24.9 Å². The summed E-state index contributed by atoms with van der Waals surface area (Å²) in [6, 6.07) is 0. The van der Waals surface area contributed by atoms with Crippen LogP contribution in [0.5, 0.6) is 0 Å². The molecule has 1 fully saturated rings. The van der Waals surface area contributed by atoms with E-state index in [1.54, 1.807) is 12.2 Å². The lowest BCUT2D eigenvalue weighted by Gasteiger charge is -2.32. The van der Waals surface area contributed by atoms with Gasteiger partial charge in [0.15, 0.2) is 0 Å². The number of alkyl halides is 2. The van der Waals surface area contributed by atoms with Crippen molar-refractivity contribution in [2.45, 2.75) is 45.4 Å². The van der Waals surface area contributed by atoms with Gasteiger partial charge in [-0.25, -0.2) is 0 Å². The van der Waals surface area contributed by atoms with Crippen LogP contribution in [0.4, 0.5) is 8.78 Å². The maximum atomic E-state index is 12.5. The molecule has 0 radical (unpaired) electrons. The van der Waals surface area contributed by atoms with Gasteiger partial charge in [-0.15, -0.1) is 0 Å². The van der Waals surface area contributed by atoms with Gasteiger partial charge in [-0.2, -0.15) is 8.78 Å². The first-order chi connectivity index (χ1) is 8.23. The van der Waals surface area contributed by atoms with E-state index in [1.807, 2.05) is 27.7 Å². The molecule has 6 heteroatoms. The Kier molecular flexibility index (Phi) is 3.27. The molecule has 100 valence electrons. The summed E-state index contributed by atoms with van der Waals surface area (Å²) < 4.78 is 36.6. The fraction of sp³-hybridized carbons (Fsp3) is 0.667. The summed E-state index contributed by atoms with van der Waals surface area (Å²) in [6.45, 7) is 5.55. The minimum Gasteiger partial charge on any atom is -0.399 e. The summed E-state index contributed by atoms with van der Waals surface area (Å²) in [6.07, 6.45) is 4.72. The van der Waals surface area contributed by atoms with Crippen LogP contribution in [-0.2, 0) is 9.31 Å². The van der Waals surface area contributed by atoms with Crippen molar-refractivity contribution in [2.75, 3.05) is 6.54 Å². The van der Waals surface area contributed by atoms with E-state index in [4.69, 9.17) is 9.31 Å². The van der Waals surface area contributed by atoms with Gasteiger partial charge in [-0.05, 0) is 39.2 Å². The van der Waals surface area contributed by atoms with Crippen LogP contribution in [0.1, 0.15) is 27.7 Å². The average Bonchev–Trinajstić information content (AvgIpc) is 2.48. The molecule has 0 aliphatic carbocycles. The lowest BCUT2D eigenvalue weighted by atomic mass is 9.77. The average molecular weight is 257 g/mol. The van der Waals surface area contributed by atoms with Crippen LogP contribution in [-0.4, -0.2) is 36.3 Å². The standard InChI is InChI=1S/C12H18BF2NO2/c1-11(2)12(3,4)18-13(17-11)9-5-7-16(8-6-9)10(14)15/h5-7,10H,8H2,1-4H3. The Morgan fingerprint density at radius 3 is 2.17 bits per heavy atom. The lowest BCUT2D eigenvalue weighted by molar-refractivity contribution is 0.00578. The molecule has 0 amide bonds. The second-order valence-corrected chi connectivity index (χ2v) is 5.58. The molecule has 0 unspecified atom stereocenters. The Morgan fingerprint density at radius 1 is 1.22 bits per heavy atom. The molecule has 0 bridgehead atoms. The Bertz CT molecular complexity index is 378. The zero-order valence-electron chi connectivity index (χ0n) is 11.1. The highest BCUT2D eigenvalue weighted by Crippen LogP contribution is 2.39. The third kappa shape index (κ3) is 2.31. The Labute approximate surface area is 107 Å². The van der Waals surface area contributed by atoms with Crippen molar-refractivity contribution in [3.05, 3.63) is 23.8 Å². The highest BCUT2D eigenvalue weighted by atomic mass is 19.3. The molecule has 0 N–H and O–H groups in total. The minimum atomic E-state index is -2.47. The highest BCUT2D eigenvalue weighted by molar-refractivity contribution is 6.55. The molecule has 0 aromatic carbocycles. The van der Waals surface area contributed by atoms with Gasteiger partial charge in [0.2, 0.25) is 0 Å². The van der Waals surface area contributed by atoms with Gasteiger partial charge in [0, 0.05) is 12.7 Å². The summed E-state index contributed by atoms with van der Waals surface area (Å²) in [5.41, 5.74) is -0.0242. The third-order valence-electron chi connectivity index (χ3n) is 3.77. The SMILES string of the molecule is CC1(C)OB(C2=CCN(C(F)F)C=C2)OC1(C)C. The van der Waals surface area contributed by atoms with E-state index in [1.165, 1.54) is 6.20 Å². The van der Waals surface area contributed by atoms with Crippen molar-refractivity contribution in [3.63, 3.8) is 0 Å². The molecule has 3 nitrogen and oxygen atoms in total. The molecule has 0 saturated carbocycles. The number of nitrogens with zero attached hydrogens (tertiary/aromatic N) is 1. The molecule has 0 aromatic heterocycles. The monoisotopic (exact) mass is 257 g/mol. The van der Waals surface area contributed by atoms with Crippen LogP contribution in [0, 0.1) is 0 Å². The summed E-state index contributed by atoms with van der Waals surface area (Å²) in [4.78, 5) is 0.953. The molecular weight excluding hydrogens is 239 g/mol. The summed E-state index contributed by atoms with van der Waals surface area (Å²) in [7, 11) is -0.480. The molecule has 2 rings (SSSR count). The second-order valence-electron chi connectivity index (χ2n) is 5.58. The zero-order chi connectivity index (χ0) is 13.6.